The fraction of sp³-hybridized carbons (Fsp3) is 0.222. The molecule has 0 unspecified atom stereocenters. The Labute approximate surface area is 144 Å². The SMILES string of the molecule is COc1ccc(N[C@@H]2CC(=O)N(c3ccccc3F)C2=O)c(OC)c1. The summed E-state index contributed by atoms with van der Waals surface area (Å²) in [4.78, 5) is 25.7. The van der Waals surface area contributed by atoms with Gasteiger partial charge in [0.05, 0.1) is 32.0 Å². The third-order valence-electron chi connectivity index (χ3n) is 3.98. The predicted octanol–water partition coefficient (Wildman–Crippen LogP) is 2.59. The van der Waals surface area contributed by atoms with Gasteiger partial charge in [0.25, 0.3) is 5.91 Å². The first-order valence-corrected chi connectivity index (χ1v) is 7.65. The highest BCUT2D eigenvalue weighted by molar-refractivity contribution is 6.23. The monoisotopic (exact) mass is 344 g/mol. The largest absolute Gasteiger partial charge is 0.497 e. The van der Waals surface area contributed by atoms with Crippen LogP contribution in [-0.4, -0.2) is 32.1 Å². The molecule has 7 heteroatoms. The lowest BCUT2D eigenvalue weighted by molar-refractivity contribution is -0.121. The van der Waals surface area contributed by atoms with Crippen LogP contribution in [0.2, 0.25) is 0 Å². The summed E-state index contributed by atoms with van der Waals surface area (Å²) in [5, 5.41) is 3.00. The molecule has 6 nitrogen and oxygen atoms in total. The molecule has 3 rings (SSSR count). The van der Waals surface area contributed by atoms with Gasteiger partial charge >= 0.3 is 0 Å². The molecule has 1 aliphatic heterocycles. The van der Waals surface area contributed by atoms with Crippen LogP contribution in [0.3, 0.4) is 0 Å². The van der Waals surface area contributed by atoms with Crippen LogP contribution in [0.1, 0.15) is 6.42 Å². The van der Waals surface area contributed by atoms with Crippen LogP contribution in [0.15, 0.2) is 42.5 Å². The first-order chi connectivity index (χ1) is 12.0. The molecule has 0 saturated carbocycles. The van der Waals surface area contributed by atoms with Gasteiger partial charge in [0.1, 0.15) is 23.4 Å². The lowest BCUT2D eigenvalue weighted by Crippen LogP contribution is -2.35. The Morgan fingerprint density at radius 2 is 1.88 bits per heavy atom. The van der Waals surface area contributed by atoms with E-state index in [1.54, 1.807) is 24.3 Å². The van der Waals surface area contributed by atoms with Crippen LogP contribution in [-0.2, 0) is 9.59 Å². The number of carbonyl (C=O) groups excluding carboxylic acids is 2. The van der Waals surface area contributed by atoms with E-state index in [0.29, 0.717) is 17.2 Å². The van der Waals surface area contributed by atoms with Crippen molar-refractivity contribution in [2.24, 2.45) is 0 Å². The number of halogens is 1. The summed E-state index contributed by atoms with van der Waals surface area (Å²) in [6.45, 7) is 0. The highest BCUT2D eigenvalue weighted by Crippen LogP contribution is 2.32. The quantitative estimate of drug-likeness (QED) is 0.845. The molecule has 2 amide bonds. The Bertz CT molecular complexity index is 824. The summed E-state index contributed by atoms with van der Waals surface area (Å²) in [6.07, 6.45) is -0.0671. The van der Waals surface area contributed by atoms with Gasteiger partial charge in [-0.15, -0.1) is 0 Å². The summed E-state index contributed by atoms with van der Waals surface area (Å²) < 4.78 is 24.4. The van der Waals surface area contributed by atoms with E-state index >= 15 is 0 Å². The number of ether oxygens (including phenoxy) is 2. The second-order valence-corrected chi connectivity index (χ2v) is 5.49. The smallest absolute Gasteiger partial charge is 0.256 e. The third-order valence-corrected chi connectivity index (χ3v) is 3.98. The number of benzene rings is 2. The zero-order valence-corrected chi connectivity index (χ0v) is 13.8. The Balaban J connectivity index is 1.85. The molecule has 1 saturated heterocycles. The number of amides is 2. The molecule has 1 atom stereocenters. The highest BCUT2D eigenvalue weighted by Gasteiger charge is 2.40. The van der Waals surface area contributed by atoms with E-state index in [2.05, 4.69) is 5.32 Å². The molecule has 2 aromatic rings. The van der Waals surface area contributed by atoms with Gasteiger partial charge in [-0.3, -0.25) is 9.59 Å². The Morgan fingerprint density at radius 3 is 2.56 bits per heavy atom. The number of para-hydroxylation sites is 1. The van der Waals surface area contributed by atoms with Crippen LogP contribution in [0, 0.1) is 5.82 Å². The Hall–Kier alpha value is -3.09. The Kier molecular flexibility index (Phi) is 4.56. The molecule has 1 heterocycles. The van der Waals surface area contributed by atoms with Gasteiger partial charge in [0.2, 0.25) is 5.91 Å². The average Bonchev–Trinajstić information content (AvgIpc) is 2.89. The molecule has 0 aliphatic carbocycles. The number of hydrogen-bond donors (Lipinski definition) is 1. The number of carbonyl (C=O) groups is 2. The first kappa shape index (κ1) is 16.8. The van der Waals surface area contributed by atoms with Gasteiger partial charge in [0, 0.05) is 6.07 Å². The molecule has 0 spiro atoms. The van der Waals surface area contributed by atoms with Crippen molar-refractivity contribution in [2.45, 2.75) is 12.5 Å². The van der Waals surface area contributed by atoms with E-state index in [1.165, 1.54) is 32.4 Å². The summed E-state index contributed by atoms with van der Waals surface area (Å²) in [5.74, 6) is -0.506. The topological polar surface area (TPSA) is 67.9 Å². The van der Waals surface area contributed by atoms with Crippen LogP contribution < -0.4 is 19.7 Å². The van der Waals surface area contributed by atoms with Crippen LogP contribution in [0.4, 0.5) is 15.8 Å². The average molecular weight is 344 g/mol. The van der Waals surface area contributed by atoms with Gasteiger partial charge < -0.3 is 14.8 Å². The predicted molar refractivity (Wildman–Crippen MR) is 90.5 cm³/mol. The number of imide groups is 1. The summed E-state index contributed by atoms with van der Waals surface area (Å²) in [7, 11) is 3.03. The van der Waals surface area contributed by atoms with E-state index in [4.69, 9.17) is 9.47 Å². The lowest BCUT2D eigenvalue weighted by Gasteiger charge is -2.18. The number of rotatable bonds is 5. The number of nitrogens with zero attached hydrogens (tertiary/aromatic N) is 1. The van der Waals surface area contributed by atoms with Crippen molar-refractivity contribution in [1.29, 1.82) is 0 Å². The highest BCUT2D eigenvalue weighted by atomic mass is 19.1. The fourth-order valence-electron chi connectivity index (χ4n) is 2.74. The second-order valence-electron chi connectivity index (χ2n) is 5.49. The van der Waals surface area contributed by atoms with Crippen molar-refractivity contribution in [3.8, 4) is 11.5 Å². The van der Waals surface area contributed by atoms with Gasteiger partial charge in [-0.05, 0) is 24.3 Å². The minimum Gasteiger partial charge on any atom is -0.497 e. The number of hydrogen-bond acceptors (Lipinski definition) is 5. The van der Waals surface area contributed by atoms with Gasteiger partial charge in [-0.25, -0.2) is 9.29 Å². The summed E-state index contributed by atoms with van der Waals surface area (Å²) >= 11 is 0. The lowest BCUT2D eigenvalue weighted by atomic mass is 10.2. The van der Waals surface area contributed by atoms with Crippen molar-refractivity contribution < 1.29 is 23.5 Å². The van der Waals surface area contributed by atoms with Crippen molar-refractivity contribution in [2.75, 3.05) is 24.4 Å². The van der Waals surface area contributed by atoms with E-state index in [9.17, 15) is 14.0 Å². The molecule has 0 bridgehead atoms. The molecule has 25 heavy (non-hydrogen) atoms. The molecule has 1 aliphatic rings. The maximum atomic E-state index is 13.9. The third kappa shape index (κ3) is 3.13. The molecule has 130 valence electrons. The molecule has 2 aromatic carbocycles. The van der Waals surface area contributed by atoms with Gasteiger partial charge in [-0.2, -0.15) is 0 Å². The fourth-order valence-corrected chi connectivity index (χ4v) is 2.74. The minimum atomic E-state index is -0.797. The van der Waals surface area contributed by atoms with E-state index in [1.807, 2.05) is 0 Å². The normalized spacial score (nSPS) is 16.9. The van der Waals surface area contributed by atoms with Crippen molar-refractivity contribution in [3.63, 3.8) is 0 Å². The number of nitrogens with one attached hydrogen (secondary N) is 1. The zero-order chi connectivity index (χ0) is 18.0. The van der Waals surface area contributed by atoms with Crippen LogP contribution in [0.25, 0.3) is 0 Å². The van der Waals surface area contributed by atoms with Crippen molar-refractivity contribution in [1.82, 2.24) is 0 Å². The standard InChI is InChI=1S/C18H17FN2O4/c1-24-11-7-8-13(16(9-11)25-2)20-14-10-17(22)21(18(14)23)15-6-4-3-5-12(15)19/h3-9,14,20H,10H2,1-2H3/t14-/m1/s1. The van der Waals surface area contributed by atoms with Crippen LogP contribution >= 0.6 is 0 Å². The minimum absolute atomic E-state index is 0.0384. The van der Waals surface area contributed by atoms with Gasteiger partial charge in [0.15, 0.2) is 0 Å². The zero-order valence-electron chi connectivity index (χ0n) is 13.8. The van der Waals surface area contributed by atoms with E-state index in [0.717, 1.165) is 4.90 Å². The summed E-state index contributed by atoms with van der Waals surface area (Å²) in [6, 6.07) is 9.97. The Morgan fingerprint density at radius 1 is 1.12 bits per heavy atom. The van der Waals surface area contributed by atoms with Crippen molar-refractivity contribution in [3.05, 3.63) is 48.3 Å². The maximum absolute atomic E-state index is 13.9. The van der Waals surface area contributed by atoms with E-state index < -0.39 is 23.7 Å². The molecular weight excluding hydrogens is 327 g/mol. The molecule has 1 N–H and O–H groups in total. The summed E-state index contributed by atoms with van der Waals surface area (Å²) in [5.41, 5.74) is 0.508. The molecule has 1 fully saturated rings. The number of methoxy groups -OCH3 is 2. The maximum Gasteiger partial charge on any atom is 0.256 e. The van der Waals surface area contributed by atoms with E-state index in [-0.39, 0.29) is 12.1 Å². The first-order valence-electron chi connectivity index (χ1n) is 7.65. The second kappa shape index (κ2) is 6.80. The molecule has 0 radical (unpaired) electrons. The van der Waals surface area contributed by atoms with Gasteiger partial charge in [-0.1, -0.05) is 12.1 Å². The van der Waals surface area contributed by atoms with Crippen molar-refractivity contribution >= 4 is 23.2 Å². The molecular formula is C18H17FN2O4. The van der Waals surface area contributed by atoms with Crippen LogP contribution in [0.5, 0.6) is 11.5 Å². The number of anilines is 2. The molecule has 0 aromatic heterocycles.